The molecule has 1 aliphatic heterocycles. The molecule has 0 aromatic rings. The van der Waals surface area contributed by atoms with Gasteiger partial charge in [0, 0.05) is 24.5 Å². The molecule has 1 aliphatic rings. The van der Waals surface area contributed by atoms with E-state index in [9.17, 15) is 0 Å². The zero-order valence-corrected chi connectivity index (χ0v) is 12.8. The fourth-order valence-corrected chi connectivity index (χ4v) is 3.42. The first kappa shape index (κ1) is 14.5. The van der Waals surface area contributed by atoms with Crippen LogP contribution in [0.1, 0.15) is 26.7 Å². The van der Waals surface area contributed by atoms with E-state index in [1.54, 1.807) is 0 Å². The molecular formula is C13H27BrN2. The van der Waals surface area contributed by atoms with Crippen LogP contribution < -0.4 is 0 Å². The van der Waals surface area contributed by atoms with Crippen LogP contribution in [0.5, 0.6) is 0 Å². The van der Waals surface area contributed by atoms with Gasteiger partial charge >= 0.3 is 0 Å². The van der Waals surface area contributed by atoms with Crippen molar-refractivity contribution in [2.75, 3.05) is 39.1 Å². The fraction of sp³-hybridized carbons (Fsp3) is 1.00. The molecule has 0 radical (unpaired) electrons. The van der Waals surface area contributed by atoms with Gasteiger partial charge in [0.25, 0.3) is 0 Å². The quantitative estimate of drug-likeness (QED) is 0.694. The number of hydrogen-bond acceptors (Lipinski definition) is 2. The number of alkyl halides is 1. The summed E-state index contributed by atoms with van der Waals surface area (Å²) in [6, 6.07) is 0.756. The van der Waals surface area contributed by atoms with Crippen LogP contribution in [0.25, 0.3) is 0 Å². The highest BCUT2D eigenvalue weighted by Crippen LogP contribution is 2.21. The van der Waals surface area contributed by atoms with E-state index in [1.807, 2.05) is 0 Å². The van der Waals surface area contributed by atoms with Crippen LogP contribution in [-0.2, 0) is 0 Å². The van der Waals surface area contributed by atoms with Crippen LogP contribution >= 0.6 is 15.9 Å². The molecule has 1 saturated heterocycles. The van der Waals surface area contributed by atoms with Crippen molar-refractivity contribution >= 4 is 15.9 Å². The van der Waals surface area contributed by atoms with Crippen molar-refractivity contribution in [2.24, 2.45) is 11.8 Å². The van der Waals surface area contributed by atoms with Gasteiger partial charge in [-0.1, -0.05) is 29.8 Å². The maximum atomic E-state index is 3.52. The van der Waals surface area contributed by atoms with Gasteiger partial charge in [-0.2, -0.15) is 0 Å². The van der Waals surface area contributed by atoms with Gasteiger partial charge in [-0.05, 0) is 45.3 Å². The number of likely N-dealkylation sites (N-methyl/N-ethyl adjacent to an activating group) is 1. The third-order valence-corrected chi connectivity index (χ3v) is 4.31. The molecule has 0 N–H and O–H groups in total. The van der Waals surface area contributed by atoms with Gasteiger partial charge in [0.15, 0.2) is 0 Å². The highest BCUT2D eigenvalue weighted by atomic mass is 79.9. The first-order chi connectivity index (χ1) is 7.54. The fourth-order valence-electron chi connectivity index (χ4n) is 2.64. The topological polar surface area (TPSA) is 6.48 Å². The van der Waals surface area contributed by atoms with E-state index in [2.05, 4.69) is 53.7 Å². The Morgan fingerprint density at radius 3 is 2.50 bits per heavy atom. The van der Waals surface area contributed by atoms with Gasteiger partial charge in [0.1, 0.15) is 0 Å². The van der Waals surface area contributed by atoms with Gasteiger partial charge in [0.2, 0.25) is 0 Å². The summed E-state index contributed by atoms with van der Waals surface area (Å²) in [5.41, 5.74) is 0. The van der Waals surface area contributed by atoms with Crippen molar-refractivity contribution in [3.8, 4) is 0 Å². The molecule has 16 heavy (non-hydrogen) atoms. The molecule has 0 amide bonds. The SMILES string of the molecule is CC(CCBr)CCN1CC(C)C(N(C)C)C1. The summed E-state index contributed by atoms with van der Waals surface area (Å²) in [5.74, 6) is 1.68. The summed E-state index contributed by atoms with van der Waals surface area (Å²) < 4.78 is 0. The van der Waals surface area contributed by atoms with Gasteiger partial charge in [-0.25, -0.2) is 0 Å². The van der Waals surface area contributed by atoms with Crippen molar-refractivity contribution in [1.82, 2.24) is 9.80 Å². The predicted octanol–water partition coefficient (Wildman–Crippen LogP) is 2.68. The van der Waals surface area contributed by atoms with E-state index in [-0.39, 0.29) is 0 Å². The van der Waals surface area contributed by atoms with Crippen LogP contribution in [0.3, 0.4) is 0 Å². The van der Waals surface area contributed by atoms with E-state index in [0.29, 0.717) is 0 Å². The largest absolute Gasteiger partial charge is 0.305 e. The van der Waals surface area contributed by atoms with E-state index in [0.717, 1.165) is 23.2 Å². The number of hydrogen-bond donors (Lipinski definition) is 0. The molecule has 0 bridgehead atoms. The number of likely N-dealkylation sites (tertiary alicyclic amines) is 1. The first-order valence-corrected chi connectivity index (χ1v) is 7.61. The Bertz CT molecular complexity index is 196. The lowest BCUT2D eigenvalue weighted by atomic mass is 10.1. The molecule has 0 aromatic carbocycles. The third kappa shape index (κ3) is 4.34. The molecule has 2 nitrogen and oxygen atoms in total. The molecule has 3 heteroatoms. The van der Waals surface area contributed by atoms with Gasteiger partial charge in [0.05, 0.1) is 0 Å². The second-order valence-corrected chi connectivity index (χ2v) is 6.43. The normalized spacial score (nSPS) is 28.9. The van der Waals surface area contributed by atoms with E-state index in [4.69, 9.17) is 0 Å². The number of rotatable bonds is 6. The average Bonchev–Trinajstić information content (AvgIpc) is 2.57. The molecule has 1 heterocycles. The Hall–Kier alpha value is 0.400. The molecule has 0 aromatic heterocycles. The van der Waals surface area contributed by atoms with Crippen molar-refractivity contribution in [1.29, 1.82) is 0 Å². The van der Waals surface area contributed by atoms with Gasteiger partial charge in [-0.15, -0.1) is 0 Å². The summed E-state index contributed by atoms with van der Waals surface area (Å²) in [5, 5.41) is 1.14. The molecule has 0 saturated carbocycles. The van der Waals surface area contributed by atoms with Gasteiger partial charge < -0.3 is 9.80 Å². The Kier molecular flexibility index (Phi) is 6.30. The predicted molar refractivity (Wildman–Crippen MR) is 75.3 cm³/mol. The van der Waals surface area contributed by atoms with E-state index >= 15 is 0 Å². The van der Waals surface area contributed by atoms with Gasteiger partial charge in [-0.3, -0.25) is 0 Å². The average molecular weight is 291 g/mol. The summed E-state index contributed by atoms with van der Waals surface area (Å²) in [6.45, 7) is 8.57. The monoisotopic (exact) mass is 290 g/mol. The van der Waals surface area contributed by atoms with Crippen LogP contribution in [-0.4, -0.2) is 54.9 Å². The lowest BCUT2D eigenvalue weighted by Crippen LogP contribution is -2.34. The minimum Gasteiger partial charge on any atom is -0.305 e. The zero-order chi connectivity index (χ0) is 12.1. The van der Waals surface area contributed by atoms with Crippen LogP contribution in [0.2, 0.25) is 0 Å². The summed E-state index contributed by atoms with van der Waals surface area (Å²) in [6.07, 6.45) is 2.65. The minimum atomic E-state index is 0.756. The standard InChI is InChI=1S/C13H27BrN2/c1-11(5-7-14)6-8-16-9-12(2)13(10-16)15(3)4/h11-13H,5-10H2,1-4H3. The maximum Gasteiger partial charge on any atom is 0.0254 e. The number of halogens is 1. The zero-order valence-electron chi connectivity index (χ0n) is 11.2. The summed E-state index contributed by atoms with van der Waals surface area (Å²) >= 11 is 3.52. The Morgan fingerprint density at radius 2 is 2.00 bits per heavy atom. The summed E-state index contributed by atoms with van der Waals surface area (Å²) in [7, 11) is 4.41. The maximum absolute atomic E-state index is 3.52. The first-order valence-electron chi connectivity index (χ1n) is 6.49. The third-order valence-electron chi connectivity index (χ3n) is 3.85. The molecular weight excluding hydrogens is 264 g/mol. The Morgan fingerprint density at radius 1 is 1.31 bits per heavy atom. The lowest BCUT2D eigenvalue weighted by molar-refractivity contribution is 0.247. The molecule has 0 aliphatic carbocycles. The second-order valence-electron chi connectivity index (χ2n) is 5.64. The molecule has 3 atom stereocenters. The minimum absolute atomic E-state index is 0.756. The van der Waals surface area contributed by atoms with E-state index < -0.39 is 0 Å². The molecule has 0 spiro atoms. The molecule has 1 rings (SSSR count). The highest BCUT2D eigenvalue weighted by molar-refractivity contribution is 9.09. The van der Waals surface area contributed by atoms with Crippen LogP contribution in [0, 0.1) is 11.8 Å². The Labute approximate surface area is 109 Å². The number of nitrogens with zero attached hydrogens (tertiary/aromatic N) is 2. The second kappa shape index (κ2) is 6.97. The summed E-state index contributed by atoms with van der Waals surface area (Å²) in [4.78, 5) is 5.02. The van der Waals surface area contributed by atoms with Crippen molar-refractivity contribution in [2.45, 2.75) is 32.7 Å². The van der Waals surface area contributed by atoms with Crippen molar-refractivity contribution in [3.63, 3.8) is 0 Å². The van der Waals surface area contributed by atoms with E-state index in [1.165, 1.54) is 32.5 Å². The smallest absolute Gasteiger partial charge is 0.0254 e. The Balaban J connectivity index is 2.25. The molecule has 96 valence electrons. The van der Waals surface area contributed by atoms with Crippen molar-refractivity contribution < 1.29 is 0 Å². The van der Waals surface area contributed by atoms with Crippen LogP contribution in [0.4, 0.5) is 0 Å². The van der Waals surface area contributed by atoms with Crippen molar-refractivity contribution in [3.05, 3.63) is 0 Å². The lowest BCUT2D eigenvalue weighted by Gasteiger charge is -2.23. The molecule has 1 fully saturated rings. The molecule has 3 unspecified atom stereocenters. The highest BCUT2D eigenvalue weighted by Gasteiger charge is 2.30. The van der Waals surface area contributed by atoms with Crippen LogP contribution in [0.15, 0.2) is 0 Å².